The number of nitrogens with one attached hydrogen (secondary N) is 1. The molecule has 1 heterocycles. The number of nitrogens with zero attached hydrogens (tertiary/aromatic N) is 1. The van der Waals surface area contributed by atoms with Crippen LogP contribution in [0.15, 0.2) is 23.1 Å². The summed E-state index contributed by atoms with van der Waals surface area (Å²) in [5, 5.41) is 3.01. The van der Waals surface area contributed by atoms with Crippen molar-refractivity contribution >= 4 is 15.7 Å². The van der Waals surface area contributed by atoms with Crippen LogP contribution in [0, 0.1) is 18.8 Å². The highest BCUT2D eigenvalue weighted by molar-refractivity contribution is 7.90. The van der Waals surface area contributed by atoms with Crippen LogP contribution >= 0.6 is 0 Å². The molecule has 0 saturated carbocycles. The number of rotatable bonds is 5. The van der Waals surface area contributed by atoms with Gasteiger partial charge in [0.05, 0.1) is 4.90 Å². The Bertz CT molecular complexity index is 761. The van der Waals surface area contributed by atoms with E-state index < -0.39 is 9.84 Å². The molecule has 0 aromatic heterocycles. The van der Waals surface area contributed by atoms with E-state index in [2.05, 4.69) is 37.9 Å². The number of sulfone groups is 1. The molecule has 2 unspecified atom stereocenters. The summed E-state index contributed by atoms with van der Waals surface area (Å²) >= 11 is 0. The topological polar surface area (TPSA) is 66.5 Å². The minimum atomic E-state index is -3.34. The average molecular weight is 381 g/mol. The number of piperidine rings is 1. The third-order valence-electron chi connectivity index (χ3n) is 5.29. The first-order valence-electron chi connectivity index (χ1n) is 9.24. The van der Waals surface area contributed by atoms with Crippen molar-refractivity contribution in [1.82, 2.24) is 10.2 Å². The molecule has 1 aromatic rings. The number of carbonyl (C=O) groups excluding carboxylic acids is 1. The van der Waals surface area contributed by atoms with Crippen molar-refractivity contribution < 1.29 is 13.2 Å². The van der Waals surface area contributed by atoms with Gasteiger partial charge in [0.1, 0.15) is 0 Å². The lowest BCUT2D eigenvalue weighted by atomic mass is 9.88. The molecule has 1 amide bonds. The van der Waals surface area contributed by atoms with E-state index in [1.165, 1.54) is 12.5 Å². The number of benzene rings is 1. The van der Waals surface area contributed by atoms with Gasteiger partial charge in [-0.25, -0.2) is 8.42 Å². The summed E-state index contributed by atoms with van der Waals surface area (Å²) < 4.78 is 23.5. The molecule has 1 aliphatic heterocycles. The first-order valence-corrected chi connectivity index (χ1v) is 11.1. The largest absolute Gasteiger partial charge is 0.350 e. The average Bonchev–Trinajstić information content (AvgIpc) is 2.51. The Morgan fingerprint density at radius 1 is 1.23 bits per heavy atom. The van der Waals surface area contributed by atoms with Crippen LogP contribution in [0.3, 0.4) is 0 Å². The molecule has 0 bridgehead atoms. The Hall–Kier alpha value is -1.40. The fourth-order valence-corrected chi connectivity index (χ4v) is 4.38. The van der Waals surface area contributed by atoms with E-state index in [0.29, 0.717) is 23.9 Å². The highest BCUT2D eigenvalue weighted by Gasteiger charge is 2.33. The van der Waals surface area contributed by atoms with E-state index in [1.807, 2.05) is 6.92 Å². The maximum atomic E-state index is 12.7. The molecule has 2 rings (SSSR count). The van der Waals surface area contributed by atoms with Gasteiger partial charge in [-0.15, -0.1) is 0 Å². The summed E-state index contributed by atoms with van der Waals surface area (Å²) in [6.45, 7) is 13.3. The zero-order valence-corrected chi connectivity index (χ0v) is 17.6. The van der Waals surface area contributed by atoms with Gasteiger partial charge in [-0.1, -0.05) is 19.9 Å². The maximum absolute atomic E-state index is 12.7. The monoisotopic (exact) mass is 380 g/mol. The van der Waals surface area contributed by atoms with Crippen molar-refractivity contribution in [3.63, 3.8) is 0 Å². The van der Waals surface area contributed by atoms with Gasteiger partial charge < -0.3 is 5.32 Å². The fraction of sp³-hybridized carbons (Fsp3) is 0.650. The van der Waals surface area contributed by atoms with Crippen LogP contribution < -0.4 is 5.32 Å². The van der Waals surface area contributed by atoms with Crippen molar-refractivity contribution in [3.8, 4) is 0 Å². The van der Waals surface area contributed by atoms with Crippen molar-refractivity contribution in [2.24, 2.45) is 11.8 Å². The van der Waals surface area contributed by atoms with Crippen LogP contribution in [0.25, 0.3) is 0 Å². The molecular weight excluding hydrogens is 348 g/mol. The zero-order chi connectivity index (χ0) is 19.7. The first kappa shape index (κ1) is 20.9. The molecule has 2 atom stereocenters. The molecule has 6 heteroatoms. The van der Waals surface area contributed by atoms with Crippen LogP contribution in [-0.4, -0.2) is 50.7 Å². The Kier molecular flexibility index (Phi) is 6.18. The smallest absolute Gasteiger partial charge is 0.251 e. The summed E-state index contributed by atoms with van der Waals surface area (Å²) in [5.74, 6) is 1.09. The predicted octanol–water partition coefficient (Wildman–Crippen LogP) is 2.88. The van der Waals surface area contributed by atoms with E-state index in [-0.39, 0.29) is 16.3 Å². The van der Waals surface area contributed by atoms with Gasteiger partial charge >= 0.3 is 0 Å². The molecule has 1 fully saturated rings. The zero-order valence-electron chi connectivity index (χ0n) is 16.8. The van der Waals surface area contributed by atoms with Gasteiger partial charge in [-0.3, -0.25) is 9.69 Å². The van der Waals surface area contributed by atoms with Crippen molar-refractivity contribution in [1.29, 1.82) is 0 Å². The number of hydrogen-bond acceptors (Lipinski definition) is 4. The van der Waals surface area contributed by atoms with Crippen molar-refractivity contribution in [3.05, 3.63) is 29.3 Å². The predicted molar refractivity (Wildman–Crippen MR) is 105 cm³/mol. The number of likely N-dealkylation sites (tertiary alicyclic amines) is 1. The molecule has 26 heavy (non-hydrogen) atoms. The first-order chi connectivity index (χ1) is 11.9. The van der Waals surface area contributed by atoms with Crippen LogP contribution in [0.5, 0.6) is 0 Å². The number of amides is 1. The fourth-order valence-electron chi connectivity index (χ4n) is 3.74. The van der Waals surface area contributed by atoms with Gasteiger partial charge in [0.25, 0.3) is 5.91 Å². The molecule has 1 aromatic carbocycles. The summed E-state index contributed by atoms with van der Waals surface area (Å²) in [6.07, 6.45) is 2.40. The Morgan fingerprint density at radius 2 is 1.81 bits per heavy atom. The summed E-state index contributed by atoms with van der Waals surface area (Å²) in [4.78, 5) is 15.3. The van der Waals surface area contributed by atoms with Crippen LogP contribution in [0.2, 0.25) is 0 Å². The molecule has 0 radical (unpaired) electrons. The number of carbonyl (C=O) groups is 1. The maximum Gasteiger partial charge on any atom is 0.251 e. The lowest BCUT2D eigenvalue weighted by molar-refractivity contribution is 0.0445. The van der Waals surface area contributed by atoms with E-state index in [4.69, 9.17) is 0 Å². The van der Waals surface area contributed by atoms with Crippen molar-refractivity contribution in [2.75, 3.05) is 25.9 Å². The van der Waals surface area contributed by atoms with E-state index in [9.17, 15) is 13.2 Å². The minimum Gasteiger partial charge on any atom is -0.350 e. The molecular formula is C20H32N2O3S. The van der Waals surface area contributed by atoms with E-state index in [1.54, 1.807) is 12.1 Å². The number of aryl methyl sites for hydroxylation is 1. The molecule has 0 aliphatic carbocycles. The van der Waals surface area contributed by atoms with Gasteiger partial charge in [0.15, 0.2) is 9.84 Å². The molecule has 1 aliphatic rings. The third kappa shape index (κ3) is 5.07. The second-order valence-electron chi connectivity index (χ2n) is 8.60. The Labute approximate surface area is 158 Å². The summed E-state index contributed by atoms with van der Waals surface area (Å²) in [5.41, 5.74) is 1.04. The number of hydrogen-bond donors (Lipinski definition) is 1. The normalized spacial score (nSPS) is 22.2. The molecule has 146 valence electrons. The van der Waals surface area contributed by atoms with E-state index in [0.717, 1.165) is 24.9 Å². The quantitative estimate of drug-likeness (QED) is 0.853. The highest BCUT2D eigenvalue weighted by Crippen LogP contribution is 2.27. The van der Waals surface area contributed by atoms with Crippen LogP contribution in [0.1, 0.15) is 50.0 Å². The van der Waals surface area contributed by atoms with E-state index >= 15 is 0 Å². The van der Waals surface area contributed by atoms with Gasteiger partial charge in [-0.2, -0.15) is 0 Å². The molecule has 1 saturated heterocycles. The SMILES string of the molecule is Cc1ccc(S(C)(=O)=O)cc1C(=O)NCC(C)(C)N1CC(C)CC(C)C1. The molecule has 1 N–H and O–H groups in total. The van der Waals surface area contributed by atoms with Crippen molar-refractivity contribution in [2.45, 2.75) is 51.5 Å². The highest BCUT2D eigenvalue weighted by atomic mass is 32.2. The standard InChI is InChI=1S/C20H32N2O3S/c1-14-9-15(2)12-22(11-14)20(4,5)13-21-19(23)18-10-17(26(6,24)25)8-7-16(18)3/h7-8,10,14-15H,9,11-13H2,1-6H3,(H,21,23). The van der Waals surface area contributed by atoms with Gasteiger partial charge in [0, 0.05) is 37.0 Å². The Balaban J connectivity index is 2.10. The lowest BCUT2D eigenvalue weighted by Crippen LogP contribution is -2.56. The van der Waals surface area contributed by atoms with Crippen LogP contribution in [-0.2, 0) is 9.84 Å². The van der Waals surface area contributed by atoms with Gasteiger partial charge in [0.2, 0.25) is 0 Å². The summed E-state index contributed by atoms with van der Waals surface area (Å²) in [6, 6.07) is 4.70. The third-order valence-corrected chi connectivity index (χ3v) is 6.40. The summed E-state index contributed by atoms with van der Waals surface area (Å²) in [7, 11) is -3.34. The Morgan fingerprint density at radius 3 is 2.35 bits per heavy atom. The molecule has 0 spiro atoms. The van der Waals surface area contributed by atoms with Gasteiger partial charge in [-0.05, 0) is 56.7 Å². The van der Waals surface area contributed by atoms with Crippen LogP contribution in [0.4, 0.5) is 0 Å². The lowest BCUT2D eigenvalue weighted by Gasteiger charge is -2.45. The second kappa shape index (κ2) is 7.69. The molecule has 5 nitrogen and oxygen atoms in total. The minimum absolute atomic E-state index is 0.152. The second-order valence-corrected chi connectivity index (χ2v) is 10.6.